The quantitative estimate of drug-likeness (QED) is 0.805. The van der Waals surface area contributed by atoms with Crippen molar-refractivity contribution in [1.82, 2.24) is 10.2 Å². The fourth-order valence-electron chi connectivity index (χ4n) is 2.84. The summed E-state index contributed by atoms with van der Waals surface area (Å²) in [5, 5.41) is 2.84. The van der Waals surface area contributed by atoms with E-state index < -0.39 is 0 Å². The van der Waals surface area contributed by atoms with Gasteiger partial charge in [0.1, 0.15) is 6.04 Å². The van der Waals surface area contributed by atoms with E-state index in [0.29, 0.717) is 6.04 Å². The Kier molecular flexibility index (Phi) is 3.69. The lowest BCUT2D eigenvalue weighted by molar-refractivity contribution is -0.148. The molecule has 2 amide bonds. The molecule has 0 spiro atoms. The molecule has 96 valence electrons. The monoisotopic (exact) mass is 238 g/mol. The zero-order valence-corrected chi connectivity index (χ0v) is 10.7. The summed E-state index contributed by atoms with van der Waals surface area (Å²) < 4.78 is 0. The molecule has 1 heterocycles. The molecule has 1 aliphatic heterocycles. The predicted octanol–water partition coefficient (Wildman–Crippen LogP) is 1.30. The van der Waals surface area contributed by atoms with Crippen molar-refractivity contribution in [2.45, 2.75) is 58.0 Å². The van der Waals surface area contributed by atoms with Gasteiger partial charge in [0.2, 0.25) is 11.8 Å². The van der Waals surface area contributed by atoms with Gasteiger partial charge in [-0.2, -0.15) is 0 Å². The van der Waals surface area contributed by atoms with Crippen molar-refractivity contribution in [3.8, 4) is 0 Å². The minimum atomic E-state index is -0.304. The molecular weight excluding hydrogens is 216 g/mol. The average Bonchev–Trinajstić information content (AvgIpc) is 2.84. The Morgan fingerprint density at radius 1 is 1.35 bits per heavy atom. The van der Waals surface area contributed by atoms with Crippen LogP contribution in [-0.2, 0) is 9.59 Å². The Labute approximate surface area is 103 Å². The number of nitrogens with zero attached hydrogens (tertiary/aromatic N) is 1. The number of hydrogen-bond acceptors (Lipinski definition) is 2. The highest BCUT2D eigenvalue weighted by molar-refractivity contribution is 5.95. The molecule has 0 bridgehead atoms. The first-order valence-corrected chi connectivity index (χ1v) is 6.73. The zero-order valence-electron chi connectivity index (χ0n) is 10.7. The van der Waals surface area contributed by atoms with E-state index in [-0.39, 0.29) is 30.3 Å². The van der Waals surface area contributed by atoms with Crippen molar-refractivity contribution in [3.63, 3.8) is 0 Å². The van der Waals surface area contributed by atoms with Crippen LogP contribution in [0.5, 0.6) is 0 Å². The molecule has 4 nitrogen and oxygen atoms in total. The second kappa shape index (κ2) is 5.07. The van der Waals surface area contributed by atoms with Gasteiger partial charge in [-0.15, -0.1) is 0 Å². The highest BCUT2D eigenvalue weighted by Gasteiger charge is 2.39. The molecule has 1 aliphatic carbocycles. The number of hydrogen-bond donors (Lipinski definition) is 1. The fraction of sp³-hybridized carbons (Fsp3) is 0.846. The lowest BCUT2D eigenvalue weighted by Gasteiger charge is -2.38. The number of nitrogens with one attached hydrogen (secondary N) is 1. The Hall–Kier alpha value is -1.06. The molecule has 2 rings (SSSR count). The van der Waals surface area contributed by atoms with E-state index in [4.69, 9.17) is 0 Å². The van der Waals surface area contributed by atoms with E-state index in [9.17, 15) is 9.59 Å². The van der Waals surface area contributed by atoms with E-state index >= 15 is 0 Å². The van der Waals surface area contributed by atoms with E-state index in [1.165, 1.54) is 12.8 Å². The highest BCUT2D eigenvalue weighted by Crippen LogP contribution is 2.26. The molecule has 0 aromatic rings. The maximum atomic E-state index is 12.4. The van der Waals surface area contributed by atoms with Crippen LogP contribution in [0.1, 0.15) is 46.0 Å². The van der Waals surface area contributed by atoms with Gasteiger partial charge in [0.05, 0.1) is 6.54 Å². The molecule has 0 aromatic heterocycles. The van der Waals surface area contributed by atoms with Crippen LogP contribution in [-0.4, -0.2) is 35.3 Å². The van der Waals surface area contributed by atoms with Gasteiger partial charge in [-0.05, 0) is 18.8 Å². The molecule has 2 unspecified atom stereocenters. The molecule has 2 fully saturated rings. The molecule has 4 heteroatoms. The van der Waals surface area contributed by atoms with Crippen molar-refractivity contribution in [2.24, 2.45) is 5.92 Å². The van der Waals surface area contributed by atoms with Crippen LogP contribution in [0.25, 0.3) is 0 Å². The Morgan fingerprint density at radius 2 is 2.00 bits per heavy atom. The molecule has 1 saturated carbocycles. The van der Waals surface area contributed by atoms with Crippen molar-refractivity contribution in [3.05, 3.63) is 0 Å². The summed E-state index contributed by atoms with van der Waals surface area (Å²) >= 11 is 0. The summed E-state index contributed by atoms with van der Waals surface area (Å²) in [4.78, 5) is 25.9. The fourth-order valence-corrected chi connectivity index (χ4v) is 2.84. The smallest absolute Gasteiger partial charge is 0.246 e. The first-order valence-electron chi connectivity index (χ1n) is 6.73. The van der Waals surface area contributed by atoms with Gasteiger partial charge < -0.3 is 10.2 Å². The van der Waals surface area contributed by atoms with Crippen LogP contribution >= 0.6 is 0 Å². The minimum Gasteiger partial charge on any atom is -0.342 e. The molecular formula is C13H22N2O2. The Bertz CT molecular complexity index is 311. The van der Waals surface area contributed by atoms with Crippen molar-refractivity contribution >= 4 is 11.8 Å². The third-order valence-corrected chi connectivity index (χ3v) is 4.16. The van der Waals surface area contributed by atoms with Gasteiger partial charge in [-0.3, -0.25) is 9.59 Å². The Morgan fingerprint density at radius 3 is 2.59 bits per heavy atom. The third kappa shape index (κ3) is 2.45. The van der Waals surface area contributed by atoms with E-state index in [1.807, 2.05) is 11.8 Å². The molecule has 17 heavy (non-hydrogen) atoms. The van der Waals surface area contributed by atoms with Crippen LogP contribution in [0, 0.1) is 5.92 Å². The van der Waals surface area contributed by atoms with E-state index in [0.717, 1.165) is 19.3 Å². The average molecular weight is 238 g/mol. The normalized spacial score (nSPS) is 28.4. The van der Waals surface area contributed by atoms with Crippen LogP contribution in [0.4, 0.5) is 0 Å². The van der Waals surface area contributed by atoms with Gasteiger partial charge >= 0.3 is 0 Å². The standard InChI is InChI=1S/C13H22N2O2/c1-3-9(2)12-13(17)15(8-11(16)14-12)10-6-4-5-7-10/h9-10,12H,3-8H2,1-2H3,(H,14,16). The lowest BCUT2D eigenvalue weighted by Crippen LogP contribution is -2.62. The largest absolute Gasteiger partial charge is 0.342 e. The topological polar surface area (TPSA) is 49.4 Å². The third-order valence-electron chi connectivity index (χ3n) is 4.16. The maximum absolute atomic E-state index is 12.4. The van der Waals surface area contributed by atoms with Crippen LogP contribution in [0.15, 0.2) is 0 Å². The van der Waals surface area contributed by atoms with Crippen molar-refractivity contribution < 1.29 is 9.59 Å². The first-order chi connectivity index (χ1) is 8.13. The number of piperazine rings is 1. The highest BCUT2D eigenvalue weighted by atomic mass is 16.2. The number of carbonyl (C=O) groups excluding carboxylic acids is 2. The minimum absolute atomic E-state index is 0.00167. The number of amides is 2. The summed E-state index contributed by atoms with van der Waals surface area (Å²) in [6.45, 7) is 4.34. The van der Waals surface area contributed by atoms with Gasteiger partial charge in [-0.25, -0.2) is 0 Å². The van der Waals surface area contributed by atoms with Crippen molar-refractivity contribution in [2.75, 3.05) is 6.54 Å². The van der Waals surface area contributed by atoms with E-state index in [1.54, 1.807) is 0 Å². The van der Waals surface area contributed by atoms with Crippen LogP contribution in [0.2, 0.25) is 0 Å². The SMILES string of the molecule is CCC(C)C1NC(=O)CN(C2CCCC2)C1=O. The summed E-state index contributed by atoms with van der Waals surface area (Å²) in [6, 6.07) is 0.00181. The number of carbonyl (C=O) groups is 2. The molecule has 1 N–H and O–H groups in total. The van der Waals surface area contributed by atoms with Gasteiger partial charge in [-0.1, -0.05) is 33.1 Å². The second-order valence-corrected chi connectivity index (χ2v) is 5.34. The summed E-state index contributed by atoms with van der Waals surface area (Å²) in [6.07, 6.45) is 5.40. The van der Waals surface area contributed by atoms with Gasteiger partial charge in [0.15, 0.2) is 0 Å². The van der Waals surface area contributed by atoms with Gasteiger partial charge in [0.25, 0.3) is 0 Å². The molecule has 1 saturated heterocycles. The zero-order chi connectivity index (χ0) is 12.4. The van der Waals surface area contributed by atoms with Crippen LogP contribution < -0.4 is 5.32 Å². The lowest BCUT2D eigenvalue weighted by atomic mass is 9.95. The molecule has 2 atom stereocenters. The first kappa shape index (κ1) is 12.4. The molecule has 2 aliphatic rings. The molecule has 0 radical (unpaired) electrons. The summed E-state index contributed by atoms with van der Waals surface area (Å²) in [7, 11) is 0. The number of rotatable bonds is 3. The second-order valence-electron chi connectivity index (χ2n) is 5.34. The Balaban J connectivity index is 2.10. The summed E-state index contributed by atoms with van der Waals surface area (Å²) in [5.41, 5.74) is 0. The van der Waals surface area contributed by atoms with Crippen molar-refractivity contribution in [1.29, 1.82) is 0 Å². The summed E-state index contributed by atoms with van der Waals surface area (Å²) in [5.74, 6) is 0.350. The molecule has 0 aromatic carbocycles. The van der Waals surface area contributed by atoms with Gasteiger partial charge in [0, 0.05) is 6.04 Å². The van der Waals surface area contributed by atoms with Crippen LogP contribution in [0.3, 0.4) is 0 Å². The predicted molar refractivity (Wildman–Crippen MR) is 65.4 cm³/mol. The van der Waals surface area contributed by atoms with E-state index in [2.05, 4.69) is 12.2 Å². The maximum Gasteiger partial charge on any atom is 0.246 e.